The van der Waals surface area contributed by atoms with E-state index in [0.29, 0.717) is 36.1 Å². The molecule has 0 aliphatic heterocycles. The molecule has 0 unspecified atom stereocenters. The summed E-state index contributed by atoms with van der Waals surface area (Å²) in [6, 6.07) is 11.0. The maximum absolute atomic E-state index is 14.0. The molecule has 4 rings (SSSR count). The Morgan fingerprint density at radius 3 is 2.47 bits per heavy atom. The van der Waals surface area contributed by atoms with E-state index in [9.17, 15) is 31.9 Å². The summed E-state index contributed by atoms with van der Waals surface area (Å²) >= 11 is 0. The number of aromatic nitrogens is 1. The van der Waals surface area contributed by atoms with Crippen LogP contribution in [0.1, 0.15) is 52.1 Å². The van der Waals surface area contributed by atoms with Gasteiger partial charge in [-0.1, -0.05) is 18.2 Å². The van der Waals surface area contributed by atoms with Crippen LogP contribution in [0.5, 0.6) is 5.75 Å². The fraction of sp³-hybridized carbons (Fsp3) is 0.200. The van der Waals surface area contributed by atoms with Crippen molar-refractivity contribution in [2.45, 2.75) is 32.0 Å². The summed E-state index contributed by atoms with van der Waals surface area (Å²) in [6.07, 6.45) is -3.08. The van der Waals surface area contributed by atoms with Gasteiger partial charge in [0.05, 0.1) is 11.3 Å². The number of nitrogens with zero attached hydrogens (tertiary/aromatic N) is 1. The van der Waals surface area contributed by atoms with Crippen LogP contribution >= 0.6 is 0 Å². The highest BCUT2D eigenvalue weighted by atomic mass is 19.4. The molecule has 1 N–H and O–H groups in total. The highest BCUT2D eigenvalue weighted by molar-refractivity contribution is 5.94. The number of pyridine rings is 1. The normalized spacial score (nSPS) is 13.9. The number of hydrogen-bond acceptors (Lipinski definition) is 3. The molecule has 0 saturated heterocycles. The summed E-state index contributed by atoms with van der Waals surface area (Å²) in [5.74, 6) is -3.30. The lowest BCUT2D eigenvalue weighted by Gasteiger charge is -2.17. The third-order valence-corrected chi connectivity index (χ3v) is 5.54. The zero-order valence-corrected chi connectivity index (χ0v) is 17.6. The van der Waals surface area contributed by atoms with Gasteiger partial charge in [-0.2, -0.15) is 13.2 Å². The van der Waals surface area contributed by atoms with Crippen LogP contribution in [0.2, 0.25) is 0 Å². The molecule has 9 heteroatoms. The van der Waals surface area contributed by atoms with E-state index < -0.39 is 36.0 Å². The largest absolute Gasteiger partial charge is 0.488 e. The van der Waals surface area contributed by atoms with Gasteiger partial charge in [-0.05, 0) is 66.8 Å². The van der Waals surface area contributed by atoms with Crippen LogP contribution in [0.15, 0.2) is 54.6 Å². The Hall–Kier alpha value is -3.75. The van der Waals surface area contributed by atoms with E-state index in [1.807, 2.05) is 0 Å². The Balaban J connectivity index is 1.79. The Kier molecular flexibility index (Phi) is 6.37. The number of allylic oxidation sites excluding steroid dienone is 2. The Morgan fingerprint density at radius 2 is 1.74 bits per heavy atom. The van der Waals surface area contributed by atoms with E-state index in [2.05, 4.69) is 4.98 Å². The first-order chi connectivity index (χ1) is 16.1. The van der Waals surface area contributed by atoms with Crippen molar-refractivity contribution >= 4 is 17.1 Å². The number of aromatic carboxylic acids is 1. The number of carboxylic acid groups (broad SMARTS) is 1. The minimum atomic E-state index is -4.61. The third kappa shape index (κ3) is 4.78. The zero-order valence-electron chi connectivity index (χ0n) is 17.6. The van der Waals surface area contributed by atoms with Crippen LogP contribution in [0, 0.1) is 11.6 Å². The summed E-state index contributed by atoms with van der Waals surface area (Å²) in [4.78, 5) is 15.5. The number of alkyl halides is 3. The van der Waals surface area contributed by atoms with Crippen molar-refractivity contribution < 1.29 is 36.6 Å². The number of carbonyl (C=O) groups is 1. The molecule has 2 aromatic carbocycles. The van der Waals surface area contributed by atoms with Gasteiger partial charge in [0.15, 0.2) is 11.6 Å². The first-order valence-electron chi connectivity index (χ1n) is 10.3. The summed E-state index contributed by atoms with van der Waals surface area (Å²) in [5.41, 5.74) is 0.507. The number of hydrogen-bond donors (Lipinski definition) is 1. The van der Waals surface area contributed by atoms with Gasteiger partial charge in [0.2, 0.25) is 0 Å². The topological polar surface area (TPSA) is 59.4 Å². The van der Waals surface area contributed by atoms with Gasteiger partial charge in [-0.25, -0.2) is 18.6 Å². The number of benzene rings is 2. The molecule has 4 nitrogen and oxygen atoms in total. The van der Waals surface area contributed by atoms with E-state index in [1.54, 1.807) is 6.07 Å². The first-order valence-corrected chi connectivity index (χ1v) is 10.3. The SMILES string of the molecule is O=C(O)c1cccc(C2=C(c3cc(C(F)(F)F)ccc3OCc3cccc(F)c3F)CCC2)n1. The Bertz CT molecular complexity index is 1280. The van der Waals surface area contributed by atoms with Gasteiger partial charge in [0, 0.05) is 11.1 Å². The van der Waals surface area contributed by atoms with Crippen molar-refractivity contribution in [3.63, 3.8) is 0 Å². The predicted octanol–water partition coefficient (Wildman–Crippen LogP) is 6.75. The molecular formula is C25H18F5NO3. The van der Waals surface area contributed by atoms with Crippen LogP contribution in [0.4, 0.5) is 22.0 Å². The molecule has 0 amide bonds. The van der Waals surface area contributed by atoms with E-state index in [-0.39, 0.29) is 22.6 Å². The van der Waals surface area contributed by atoms with Crippen molar-refractivity contribution in [3.05, 3.63) is 94.3 Å². The number of ether oxygens (including phenoxy) is 1. The van der Waals surface area contributed by atoms with Crippen LogP contribution in [-0.2, 0) is 12.8 Å². The second kappa shape index (κ2) is 9.24. The lowest BCUT2D eigenvalue weighted by molar-refractivity contribution is -0.137. The van der Waals surface area contributed by atoms with Gasteiger partial charge < -0.3 is 9.84 Å². The number of carboxylic acids is 1. The van der Waals surface area contributed by atoms with Gasteiger partial charge in [0.25, 0.3) is 0 Å². The lowest BCUT2D eigenvalue weighted by atomic mass is 9.97. The molecule has 1 aromatic heterocycles. The number of rotatable bonds is 6. The average molecular weight is 475 g/mol. The summed E-state index contributed by atoms with van der Waals surface area (Å²) < 4.78 is 73.6. The van der Waals surface area contributed by atoms with Gasteiger partial charge >= 0.3 is 12.1 Å². The van der Waals surface area contributed by atoms with Gasteiger partial charge in [-0.15, -0.1) is 0 Å². The maximum atomic E-state index is 14.0. The summed E-state index contributed by atoms with van der Waals surface area (Å²) in [6.45, 7) is -0.392. The monoisotopic (exact) mass is 475 g/mol. The Labute approximate surface area is 191 Å². The quantitative estimate of drug-likeness (QED) is 0.401. The molecule has 1 heterocycles. The van der Waals surface area contributed by atoms with Crippen LogP contribution in [0.3, 0.4) is 0 Å². The van der Waals surface area contributed by atoms with Crippen LogP contribution in [0.25, 0.3) is 11.1 Å². The van der Waals surface area contributed by atoms with E-state index in [0.717, 1.165) is 24.3 Å². The molecule has 0 spiro atoms. The summed E-state index contributed by atoms with van der Waals surface area (Å²) in [7, 11) is 0. The molecule has 0 saturated carbocycles. The van der Waals surface area contributed by atoms with Gasteiger partial charge in [-0.3, -0.25) is 0 Å². The maximum Gasteiger partial charge on any atom is 0.416 e. The highest BCUT2D eigenvalue weighted by Gasteiger charge is 2.32. The van der Waals surface area contributed by atoms with Crippen LogP contribution in [-0.4, -0.2) is 16.1 Å². The fourth-order valence-electron chi connectivity index (χ4n) is 3.93. The first kappa shape index (κ1) is 23.4. The minimum absolute atomic E-state index is 0.0699. The average Bonchev–Trinajstić information content (AvgIpc) is 3.29. The van der Waals surface area contributed by atoms with Crippen molar-refractivity contribution in [1.29, 1.82) is 0 Å². The van der Waals surface area contributed by atoms with Gasteiger partial charge in [0.1, 0.15) is 18.1 Å². The second-order valence-electron chi connectivity index (χ2n) is 7.73. The minimum Gasteiger partial charge on any atom is -0.488 e. The second-order valence-corrected chi connectivity index (χ2v) is 7.73. The van der Waals surface area contributed by atoms with Crippen molar-refractivity contribution in [2.24, 2.45) is 0 Å². The van der Waals surface area contributed by atoms with E-state index in [4.69, 9.17) is 4.74 Å². The summed E-state index contributed by atoms with van der Waals surface area (Å²) in [5, 5.41) is 9.24. The fourth-order valence-corrected chi connectivity index (χ4v) is 3.93. The molecular weight excluding hydrogens is 457 g/mol. The lowest BCUT2D eigenvalue weighted by Crippen LogP contribution is -2.08. The molecule has 1 aliphatic rings. The number of halogens is 5. The van der Waals surface area contributed by atoms with Crippen molar-refractivity contribution in [3.8, 4) is 5.75 Å². The van der Waals surface area contributed by atoms with E-state index in [1.165, 1.54) is 24.3 Å². The van der Waals surface area contributed by atoms with E-state index >= 15 is 0 Å². The molecule has 1 aliphatic carbocycles. The smallest absolute Gasteiger partial charge is 0.416 e. The van der Waals surface area contributed by atoms with Crippen molar-refractivity contribution in [1.82, 2.24) is 4.98 Å². The molecule has 176 valence electrons. The highest BCUT2D eigenvalue weighted by Crippen LogP contribution is 2.44. The van der Waals surface area contributed by atoms with Crippen molar-refractivity contribution in [2.75, 3.05) is 0 Å². The molecule has 0 fully saturated rings. The molecule has 3 aromatic rings. The standard InChI is InChI=1S/C25H18F5NO3/c26-19-7-1-4-14(23(19)27)13-34-22-11-10-15(25(28,29)30)12-18(22)16-5-2-6-17(16)20-8-3-9-21(31-20)24(32)33/h1,3-4,7-12H,2,5-6,13H2,(H,32,33). The third-order valence-electron chi connectivity index (χ3n) is 5.54. The van der Waals surface area contributed by atoms with Crippen LogP contribution < -0.4 is 4.74 Å². The molecule has 0 radical (unpaired) electrons. The molecule has 34 heavy (non-hydrogen) atoms. The molecule has 0 atom stereocenters. The predicted molar refractivity (Wildman–Crippen MR) is 114 cm³/mol. The zero-order chi connectivity index (χ0) is 24.5. The molecule has 0 bridgehead atoms. The Morgan fingerprint density at radius 1 is 1.00 bits per heavy atom.